The summed E-state index contributed by atoms with van der Waals surface area (Å²) in [5, 5.41) is 22.4. The van der Waals surface area contributed by atoms with E-state index in [0.29, 0.717) is 12.3 Å². The van der Waals surface area contributed by atoms with Crippen LogP contribution in [0.25, 0.3) is 10.9 Å². The Labute approximate surface area is 213 Å². The molecular formula is C28H40N2O4S. The molecule has 1 saturated carbocycles. The molecule has 192 valence electrons. The average molecular weight is 501 g/mol. The molecule has 1 aliphatic carbocycles. The summed E-state index contributed by atoms with van der Waals surface area (Å²) in [6.45, 7) is 2.95. The van der Waals surface area contributed by atoms with Crippen LogP contribution in [0, 0.1) is 11.8 Å². The van der Waals surface area contributed by atoms with Crippen LogP contribution in [-0.2, 0) is 4.79 Å². The largest absolute Gasteiger partial charge is 0.497 e. The molecule has 1 aromatic carbocycles. The van der Waals surface area contributed by atoms with Gasteiger partial charge in [-0.2, -0.15) is 11.8 Å². The van der Waals surface area contributed by atoms with Crippen molar-refractivity contribution in [2.45, 2.75) is 69.1 Å². The Morgan fingerprint density at radius 3 is 2.83 bits per heavy atom. The van der Waals surface area contributed by atoms with E-state index in [1.54, 1.807) is 13.3 Å². The number of thioether (sulfide) groups is 1. The van der Waals surface area contributed by atoms with Crippen molar-refractivity contribution < 1.29 is 19.7 Å². The molecule has 6 nitrogen and oxygen atoms in total. The summed E-state index contributed by atoms with van der Waals surface area (Å²) in [5.41, 5.74) is 1.70. The Hall–Kier alpha value is -1.83. The first-order chi connectivity index (χ1) is 17.0. The standard InChI is InChI=1S/C28H40N2O4S/c1-34-22-8-9-26-25(18-22)24(11-13-29-26)27(31)10-7-20-12-15-30(19-21(20)17-28(32)33)14-4-16-35-23-5-2-3-6-23/h8-9,11,13,18,20-21,23,27,31H,2-7,10,12,14-17,19H2,1H3,(H,32,33)/t20-,21+,27+/m1/s1. The highest BCUT2D eigenvalue weighted by atomic mass is 32.2. The summed E-state index contributed by atoms with van der Waals surface area (Å²) in [6.07, 6.45) is 10.5. The minimum absolute atomic E-state index is 0.144. The fraction of sp³-hybridized carbons (Fsp3) is 0.643. The number of hydrogen-bond acceptors (Lipinski definition) is 6. The molecule has 0 bridgehead atoms. The number of aromatic nitrogens is 1. The molecule has 0 radical (unpaired) electrons. The third-order valence-corrected chi connectivity index (χ3v) is 9.31. The van der Waals surface area contributed by atoms with Gasteiger partial charge in [-0.1, -0.05) is 12.8 Å². The minimum Gasteiger partial charge on any atom is -0.497 e. The number of piperidine rings is 1. The molecule has 35 heavy (non-hydrogen) atoms. The first kappa shape index (κ1) is 26.2. The van der Waals surface area contributed by atoms with E-state index >= 15 is 0 Å². The zero-order chi connectivity index (χ0) is 24.6. The molecule has 0 unspecified atom stereocenters. The van der Waals surface area contributed by atoms with Crippen LogP contribution in [0.1, 0.15) is 69.5 Å². The minimum atomic E-state index is -0.716. The van der Waals surface area contributed by atoms with Gasteiger partial charge in [-0.25, -0.2) is 0 Å². The molecule has 2 aromatic rings. The number of nitrogens with zero attached hydrogens (tertiary/aromatic N) is 2. The van der Waals surface area contributed by atoms with E-state index in [1.165, 1.54) is 37.9 Å². The Balaban J connectivity index is 1.30. The maximum Gasteiger partial charge on any atom is 0.303 e. The Bertz CT molecular complexity index is 965. The Morgan fingerprint density at radius 2 is 2.06 bits per heavy atom. The summed E-state index contributed by atoms with van der Waals surface area (Å²) in [6, 6.07) is 7.60. The van der Waals surface area contributed by atoms with Crippen LogP contribution in [0.2, 0.25) is 0 Å². The van der Waals surface area contributed by atoms with Crippen LogP contribution in [0.15, 0.2) is 30.5 Å². The summed E-state index contributed by atoms with van der Waals surface area (Å²) >= 11 is 2.14. The van der Waals surface area contributed by atoms with Gasteiger partial charge in [0.25, 0.3) is 0 Å². The number of hydrogen-bond donors (Lipinski definition) is 2. The van der Waals surface area contributed by atoms with E-state index in [9.17, 15) is 15.0 Å². The van der Waals surface area contributed by atoms with Crippen molar-refractivity contribution in [3.63, 3.8) is 0 Å². The van der Waals surface area contributed by atoms with Crippen LogP contribution in [0.5, 0.6) is 5.75 Å². The van der Waals surface area contributed by atoms with Crippen molar-refractivity contribution in [2.24, 2.45) is 11.8 Å². The van der Waals surface area contributed by atoms with Gasteiger partial charge >= 0.3 is 5.97 Å². The molecule has 1 saturated heterocycles. The van der Waals surface area contributed by atoms with Gasteiger partial charge in [-0.15, -0.1) is 0 Å². The van der Waals surface area contributed by atoms with Gasteiger partial charge in [0.2, 0.25) is 0 Å². The fourth-order valence-electron chi connectivity index (χ4n) is 5.88. The predicted octanol–water partition coefficient (Wildman–Crippen LogP) is 5.54. The molecule has 3 atom stereocenters. The van der Waals surface area contributed by atoms with E-state index in [2.05, 4.69) is 21.6 Å². The SMILES string of the molecule is COc1ccc2nccc([C@@H](O)CC[C@@H]3CCN(CCCSC4CCCC4)C[C@@H]3CC(=O)O)c2c1. The highest BCUT2D eigenvalue weighted by molar-refractivity contribution is 7.99. The van der Waals surface area contributed by atoms with Gasteiger partial charge in [0.05, 0.1) is 18.7 Å². The second kappa shape index (κ2) is 12.9. The van der Waals surface area contributed by atoms with Crippen LogP contribution >= 0.6 is 11.8 Å². The number of aliphatic carboxylic acids is 1. The van der Waals surface area contributed by atoms with Crippen LogP contribution in [0.3, 0.4) is 0 Å². The Morgan fingerprint density at radius 1 is 1.23 bits per heavy atom. The monoisotopic (exact) mass is 500 g/mol. The summed E-state index contributed by atoms with van der Waals surface area (Å²) in [4.78, 5) is 18.5. The number of carboxylic acids is 1. The van der Waals surface area contributed by atoms with Crippen LogP contribution in [-0.4, -0.2) is 63.8 Å². The van der Waals surface area contributed by atoms with Gasteiger partial charge in [-0.05, 0) is 99.0 Å². The van der Waals surface area contributed by atoms with Crippen molar-refractivity contribution in [3.8, 4) is 5.75 Å². The van der Waals surface area contributed by atoms with Gasteiger partial charge < -0.3 is 19.8 Å². The van der Waals surface area contributed by atoms with Gasteiger partial charge in [0.1, 0.15) is 5.75 Å². The van der Waals surface area contributed by atoms with Crippen molar-refractivity contribution >= 4 is 28.6 Å². The second-order valence-corrected chi connectivity index (χ2v) is 11.6. The second-order valence-electron chi connectivity index (χ2n) is 10.2. The zero-order valence-electron chi connectivity index (χ0n) is 20.9. The lowest BCUT2D eigenvalue weighted by molar-refractivity contribution is -0.139. The lowest BCUT2D eigenvalue weighted by Gasteiger charge is -2.38. The molecule has 4 rings (SSSR count). The Kier molecular flexibility index (Phi) is 9.69. The van der Waals surface area contributed by atoms with Gasteiger partial charge in [0, 0.05) is 29.8 Å². The van der Waals surface area contributed by atoms with Crippen LogP contribution in [0.4, 0.5) is 0 Å². The number of aliphatic hydroxyl groups excluding tert-OH is 1. The highest BCUT2D eigenvalue weighted by Crippen LogP contribution is 2.35. The molecule has 1 aromatic heterocycles. The fourth-order valence-corrected chi connectivity index (χ4v) is 7.18. The summed E-state index contributed by atoms with van der Waals surface area (Å²) < 4.78 is 5.36. The van der Waals surface area contributed by atoms with Crippen molar-refractivity contribution in [1.82, 2.24) is 9.88 Å². The zero-order valence-corrected chi connectivity index (χ0v) is 21.7. The number of ether oxygens (including phenoxy) is 1. The molecule has 2 aliphatic rings. The van der Waals surface area contributed by atoms with E-state index in [4.69, 9.17) is 4.74 Å². The van der Waals surface area contributed by atoms with E-state index in [0.717, 1.165) is 59.9 Å². The summed E-state index contributed by atoms with van der Waals surface area (Å²) in [7, 11) is 1.64. The number of carboxylic acid groups (broad SMARTS) is 1. The number of benzene rings is 1. The van der Waals surface area contributed by atoms with Gasteiger partial charge in [0.15, 0.2) is 0 Å². The molecule has 0 spiro atoms. The average Bonchev–Trinajstić information content (AvgIpc) is 3.38. The normalized spacial score (nSPS) is 22.5. The van der Waals surface area contributed by atoms with Gasteiger partial charge in [-0.3, -0.25) is 9.78 Å². The smallest absolute Gasteiger partial charge is 0.303 e. The molecule has 2 N–H and O–H groups in total. The first-order valence-corrected chi connectivity index (χ1v) is 14.2. The van der Waals surface area contributed by atoms with E-state index < -0.39 is 12.1 Å². The molecule has 2 heterocycles. The molecule has 2 fully saturated rings. The number of likely N-dealkylation sites (tertiary alicyclic amines) is 1. The van der Waals surface area contributed by atoms with Crippen molar-refractivity contribution in [1.29, 1.82) is 0 Å². The third-order valence-electron chi connectivity index (χ3n) is 7.84. The lowest BCUT2D eigenvalue weighted by atomic mass is 9.79. The quantitative estimate of drug-likeness (QED) is 0.371. The molecule has 0 amide bonds. The predicted molar refractivity (Wildman–Crippen MR) is 142 cm³/mol. The maximum atomic E-state index is 11.6. The topological polar surface area (TPSA) is 82.9 Å². The maximum absolute atomic E-state index is 11.6. The number of methoxy groups -OCH3 is 1. The molecular weight excluding hydrogens is 460 g/mol. The van der Waals surface area contributed by atoms with E-state index in [1.807, 2.05) is 24.3 Å². The van der Waals surface area contributed by atoms with Crippen molar-refractivity contribution in [3.05, 3.63) is 36.0 Å². The molecule has 7 heteroatoms. The third kappa shape index (κ3) is 7.34. The molecule has 1 aliphatic heterocycles. The van der Waals surface area contributed by atoms with E-state index in [-0.39, 0.29) is 12.3 Å². The van der Waals surface area contributed by atoms with Crippen molar-refractivity contribution in [2.75, 3.05) is 32.5 Å². The first-order valence-electron chi connectivity index (χ1n) is 13.2. The number of carbonyl (C=O) groups is 1. The number of aliphatic hydroxyl groups is 1. The number of fused-ring (bicyclic) bond motifs is 1. The summed E-state index contributed by atoms with van der Waals surface area (Å²) in [5.74, 6) is 1.71. The lowest BCUT2D eigenvalue weighted by Crippen LogP contribution is -2.42. The number of pyridine rings is 1. The van der Waals surface area contributed by atoms with Crippen LogP contribution < -0.4 is 4.74 Å². The highest BCUT2D eigenvalue weighted by Gasteiger charge is 2.31. The number of rotatable bonds is 12.